The van der Waals surface area contributed by atoms with Crippen LogP contribution in [0.1, 0.15) is 17.4 Å². The molecule has 2 aromatic heterocycles. The summed E-state index contributed by atoms with van der Waals surface area (Å²) in [4.78, 5) is 16.1. The first-order chi connectivity index (χ1) is 8.67. The number of fused-ring (bicyclic) bond motifs is 1. The van der Waals surface area contributed by atoms with E-state index in [1.165, 1.54) is 0 Å². The maximum Gasteiger partial charge on any atom is 0.354 e. The molecule has 0 aliphatic carbocycles. The van der Waals surface area contributed by atoms with Crippen molar-refractivity contribution in [1.29, 1.82) is 0 Å². The average Bonchev–Trinajstić information content (AvgIpc) is 2.68. The summed E-state index contributed by atoms with van der Waals surface area (Å²) in [6, 6.07) is 3.67. The molecule has 2 rings (SSSR count). The molecule has 0 aliphatic rings. The zero-order chi connectivity index (χ0) is 13.1. The molecule has 6 heteroatoms. The summed E-state index contributed by atoms with van der Waals surface area (Å²) in [5.74, 6) is -0.335. The van der Waals surface area contributed by atoms with Crippen LogP contribution in [0, 0.1) is 0 Å². The summed E-state index contributed by atoms with van der Waals surface area (Å²) in [5, 5.41) is 0.938. The Morgan fingerprint density at radius 3 is 3.00 bits per heavy atom. The van der Waals surface area contributed by atoms with Gasteiger partial charge in [-0.3, -0.25) is 0 Å². The molecule has 0 spiro atoms. The van der Waals surface area contributed by atoms with Crippen LogP contribution in [0.4, 0.5) is 0 Å². The van der Waals surface area contributed by atoms with Crippen molar-refractivity contribution in [3.8, 4) is 0 Å². The number of nitrogens with two attached hydrogens (primary N) is 1. The SMILES string of the molecule is CCOC(=O)c1cc2cc(Br)ncc2n1CCN. The van der Waals surface area contributed by atoms with E-state index < -0.39 is 0 Å². The smallest absolute Gasteiger partial charge is 0.354 e. The molecular weight excluding hydrogens is 298 g/mol. The number of rotatable bonds is 4. The van der Waals surface area contributed by atoms with Crippen LogP contribution in [-0.2, 0) is 11.3 Å². The first-order valence-electron chi connectivity index (χ1n) is 5.69. The third kappa shape index (κ3) is 2.39. The molecule has 0 aliphatic heterocycles. The Hall–Kier alpha value is -1.40. The minimum atomic E-state index is -0.335. The third-order valence-corrected chi connectivity index (χ3v) is 3.03. The van der Waals surface area contributed by atoms with Crippen molar-refractivity contribution >= 4 is 32.8 Å². The van der Waals surface area contributed by atoms with Gasteiger partial charge in [0.15, 0.2) is 0 Å². The van der Waals surface area contributed by atoms with Crippen molar-refractivity contribution in [3.05, 3.63) is 28.6 Å². The second-order valence-electron chi connectivity index (χ2n) is 3.76. The van der Waals surface area contributed by atoms with Crippen molar-refractivity contribution in [2.75, 3.05) is 13.2 Å². The number of hydrogen-bond donors (Lipinski definition) is 1. The van der Waals surface area contributed by atoms with Crippen molar-refractivity contribution in [3.63, 3.8) is 0 Å². The molecule has 96 valence electrons. The van der Waals surface area contributed by atoms with Gasteiger partial charge in [0.25, 0.3) is 0 Å². The van der Waals surface area contributed by atoms with Gasteiger partial charge < -0.3 is 15.0 Å². The van der Waals surface area contributed by atoms with Gasteiger partial charge in [-0.2, -0.15) is 0 Å². The zero-order valence-corrected chi connectivity index (χ0v) is 11.6. The summed E-state index contributed by atoms with van der Waals surface area (Å²) in [6.45, 7) is 3.14. The largest absolute Gasteiger partial charge is 0.461 e. The minimum absolute atomic E-state index is 0.335. The number of carbonyl (C=O) groups is 1. The normalized spacial score (nSPS) is 10.8. The summed E-state index contributed by atoms with van der Waals surface area (Å²) >= 11 is 3.31. The number of esters is 1. The van der Waals surface area contributed by atoms with E-state index in [-0.39, 0.29) is 5.97 Å². The second kappa shape index (κ2) is 5.49. The van der Waals surface area contributed by atoms with E-state index in [1.807, 2.05) is 10.6 Å². The fourth-order valence-electron chi connectivity index (χ4n) is 1.88. The molecule has 5 nitrogen and oxygen atoms in total. The number of nitrogens with zero attached hydrogens (tertiary/aromatic N) is 2. The van der Waals surface area contributed by atoms with Gasteiger partial charge in [0.05, 0.1) is 18.3 Å². The molecule has 0 atom stereocenters. The quantitative estimate of drug-likeness (QED) is 0.692. The predicted molar refractivity (Wildman–Crippen MR) is 72.4 cm³/mol. The van der Waals surface area contributed by atoms with Crippen LogP contribution in [-0.4, -0.2) is 28.7 Å². The minimum Gasteiger partial charge on any atom is -0.461 e. The van der Waals surface area contributed by atoms with Crippen LogP contribution in [0.15, 0.2) is 22.9 Å². The fourth-order valence-corrected chi connectivity index (χ4v) is 2.23. The molecule has 0 radical (unpaired) electrons. The van der Waals surface area contributed by atoms with E-state index in [2.05, 4.69) is 20.9 Å². The summed E-state index contributed by atoms with van der Waals surface area (Å²) in [6.07, 6.45) is 1.72. The molecule has 18 heavy (non-hydrogen) atoms. The van der Waals surface area contributed by atoms with E-state index in [9.17, 15) is 4.79 Å². The Morgan fingerprint density at radius 2 is 2.33 bits per heavy atom. The number of halogens is 1. The second-order valence-corrected chi connectivity index (χ2v) is 4.57. The van der Waals surface area contributed by atoms with Crippen LogP contribution in [0.3, 0.4) is 0 Å². The van der Waals surface area contributed by atoms with Gasteiger partial charge in [-0.1, -0.05) is 0 Å². The standard InChI is InChI=1S/C12H14BrN3O2/c1-2-18-12(17)9-5-8-6-11(13)15-7-10(8)16(9)4-3-14/h5-7H,2-4,14H2,1H3. The molecule has 0 bridgehead atoms. The molecule has 2 aromatic rings. The lowest BCUT2D eigenvalue weighted by Crippen LogP contribution is -2.16. The van der Waals surface area contributed by atoms with Crippen LogP contribution in [0.5, 0.6) is 0 Å². The Balaban J connectivity index is 2.56. The van der Waals surface area contributed by atoms with Crippen molar-refractivity contribution in [2.24, 2.45) is 5.73 Å². The highest BCUT2D eigenvalue weighted by atomic mass is 79.9. The lowest BCUT2D eigenvalue weighted by atomic mass is 10.3. The van der Waals surface area contributed by atoms with Crippen molar-refractivity contribution < 1.29 is 9.53 Å². The highest BCUT2D eigenvalue weighted by molar-refractivity contribution is 9.10. The Bertz CT molecular complexity index is 580. The molecule has 0 fully saturated rings. The van der Waals surface area contributed by atoms with E-state index in [0.717, 1.165) is 15.5 Å². The van der Waals surface area contributed by atoms with Gasteiger partial charge in [-0.15, -0.1) is 0 Å². The van der Waals surface area contributed by atoms with E-state index in [4.69, 9.17) is 10.5 Å². The average molecular weight is 312 g/mol. The van der Waals surface area contributed by atoms with Crippen LogP contribution >= 0.6 is 15.9 Å². The van der Waals surface area contributed by atoms with Crippen LogP contribution in [0.2, 0.25) is 0 Å². The van der Waals surface area contributed by atoms with Crippen molar-refractivity contribution in [2.45, 2.75) is 13.5 Å². The van der Waals surface area contributed by atoms with Crippen LogP contribution in [0.25, 0.3) is 10.9 Å². The molecule has 2 heterocycles. The number of aromatic nitrogens is 2. The first kappa shape index (κ1) is 13.0. The summed E-state index contributed by atoms with van der Waals surface area (Å²) < 4.78 is 7.61. The monoisotopic (exact) mass is 311 g/mol. The van der Waals surface area contributed by atoms with E-state index >= 15 is 0 Å². The highest BCUT2D eigenvalue weighted by Gasteiger charge is 2.16. The third-order valence-electron chi connectivity index (χ3n) is 2.59. The lowest BCUT2D eigenvalue weighted by Gasteiger charge is -2.08. The Kier molecular flexibility index (Phi) is 3.98. The predicted octanol–water partition coefficient (Wildman–Crippen LogP) is 1.93. The first-order valence-corrected chi connectivity index (χ1v) is 6.48. The summed E-state index contributed by atoms with van der Waals surface area (Å²) in [7, 11) is 0. The topological polar surface area (TPSA) is 70.1 Å². The molecule has 0 unspecified atom stereocenters. The molecule has 0 aromatic carbocycles. The number of pyridine rings is 1. The number of hydrogen-bond acceptors (Lipinski definition) is 4. The van der Waals surface area contributed by atoms with E-state index in [1.54, 1.807) is 19.2 Å². The van der Waals surface area contributed by atoms with Crippen LogP contribution < -0.4 is 5.73 Å². The molecular formula is C12H14BrN3O2. The maximum atomic E-state index is 11.9. The number of ether oxygens (including phenoxy) is 1. The maximum absolute atomic E-state index is 11.9. The van der Waals surface area contributed by atoms with Crippen molar-refractivity contribution in [1.82, 2.24) is 9.55 Å². The van der Waals surface area contributed by atoms with Gasteiger partial charge in [-0.05, 0) is 35.0 Å². The zero-order valence-electron chi connectivity index (χ0n) is 10.0. The van der Waals surface area contributed by atoms with Gasteiger partial charge in [0.2, 0.25) is 0 Å². The Morgan fingerprint density at radius 1 is 1.56 bits per heavy atom. The summed E-state index contributed by atoms with van der Waals surface area (Å²) in [5.41, 5.74) is 6.97. The van der Waals surface area contributed by atoms with Gasteiger partial charge in [-0.25, -0.2) is 9.78 Å². The number of carbonyl (C=O) groups excluding carboxylic acids is 1. The van der Waals surface area contributed by atoms with Gasteiger partial charge in [0, 0.05) is 18.5 Å². The fraction of sp³-hybridized carbons (Fsp3) is 0.333. The Labute approximate surface area is 113 Å². The molecule has 0 saturated carbocycles. The molecule has 0 saturated heterocycles. The van der Waals surface area contributed by atoms with Gasteiger partial charge >= 0.3 is 5.97 Å². The van der Waals surface area contributed by atoms with E-state index in [0.29, 0.717) is 25.4 Å². The van der Waals surface area contributed by atoms with Gasteiger partial charge in [0.1, 0.15) is 10.3 Å². The molecule has 2 N–H and O–H groups in total. The molecule has 0 amide bonds. The highest BCUT2D eigenvalue weighted by Crippen LogP contribution is 2.22. The lowest BCUT2D eigenvalue weighted by molar-refractivity contribution is 0.0514.